The van der Waals surface area contributed by atoms with Crippen LogP contribution >= 0.6 is 0 Å². The van der Waals surface area contributed by atoms with Crippen LogP contribution in [0.3, 0.4) is 0 Å². The first kappa shape index (κ1) is 16.3. The first-order chi connectivity index (χ1) is 12.6. The van der Waals surface area contributed by atoms with Crippen molar-refractivity contribution >= 4 is 17.7 Å². The number of amides is 3. The van der Waals surface area contributed by atoms with E-state index in [0.29, 0.717) is 36.4 Å². The molecule has 1 aromatic heterocycles. The maximum absolute atomic E-state index is 12.7. The van der Waals surface area contributed by atoms with Gasteiger partial charge in [-0.15, -0.1) is 0 Å². The number of methoxy groups -OCH3 is 1. The Morgan fingerprint density at radius 3 is 2.62 bits per heavy atom. The number of aromatic nitrogens is 1. The smallest absolute Gasteiger partial charge is 0.280 e. The maximum Gasteiger partial charge on any atom is 0.280 e. The number of nitrogens with zero attached hydrogens (tertiary/aromatic N) is 3. The highest BCUT2D eigenvalue weighted by Crippen LogP contribution is 2.27. The number of benzene rings is 1. The van der Waals surface area contributed by atoms with Gasteiger partial charge in [-0.2, -0.15) is 0 Å². The molecule has 1 atom stereocenters. The molecule has 132 valence electrons. The van der Waals surface area contributed by atoms with Crippen LogP contribution in [-0.4, -0.2) is 58.7 Å². The van der Waals surface area contributed by atoms with Crippen molar-refractivity contribution in [3.05, 3.63) is 59.4 Å². The van der Waals surface area contributed by atoms with Gasteiger partial charge in [0.2, 0.25) is 0 Å². The number of carbonyl (C=O) groups is 3. The third-order valence-electron chi connectivity index (χ3n) is 4.83. The molecule has 3 amide bonds. The highest BCUT2D eigenvalue weighted by molar-refractivity contribution is 6.20. The molecule has 3 heterocycles. The molecule has 1 saturated heterocycles. The van der Waals surface area contributed by atoms with Crippen LogP contribution in [0.5, 0.6) is 5.75 Å². The van der Waals surface area contributed by atoms with E-state index in [4.69, 9.17) is 4.74 Å². The van der Waals surface area contributed by atoms with Crippen molar-refractivity contribution in [2.45, 2.75) is 12.5 Å². The fourth-order valence-corrected chi connectivity index (χ4v) is 3.47. The number of pyridine rings is 1. The molecule has 2 aliphatic heterocycles. The standard InChI is InChI=1S/C19H17N3O4/c1-26-14-6-4-12(5-7-14)17(23)21-10-8-13(11-21)22-18(24)15-3-2-9-20-16(15)19(22)25/h2-7,9,13H,8,10-11H2,1H3. The van der Waals surface area contributed by atoms with Crippen LogP contribution in [0.1, 0.15) is 37.6 Å². The Kier molecular flexibility index (Phi) is 3.91. The average molecular weight is 351 g/mol. The Morgan fingerprint density at radius 1 is 1.15 bits per heavy atom. The highest BCUT2D eigenvalue weighted by atomic mass is 16.5. The quantitative estimate of drug-likeness (QED) is 0.785. The van der Waals surface area contributed by atoms with Crippen LogP contribution in [0.15, 0.2) is 42.6 Å². The molecular weight excluding hydrogens is 334 g/mol. The number of fused-ring (bicyclic) bond motifs is 1. The molecule has 2 aromatic rings. The number of imide groups is 1. The van der Waals surface area contributed by atoms with Crippen molar-refractivity contribution in [2.75, 3.05) is 20.2 Å². The Bertz CT molecular complexity index is 859. The van der Waals surface area contributed by atoms with Crippen molar-refractivity contribution in [3.63, 3.8) is 0 Å². The predicted octanol–water partition coefficient (Wildman–Crippen LogP) is 1.60. The van der Waals surface area contributed by atoms with Gasteiger partial charge in [-0.05, 0) is 42.8 Å². The number of hydrogen-bond donors (Lipinski definition) is 0. The van der Waals surface area contributed by atoms with Crippen LogP contribution in [0.4, 0.5) is 0 Å². The zero-order valence-corrected chi connectivity index (χ0v) is 14.2. The molecule has 7 nitrogen and oxygen atoms in total. The minimum Gasteiger partial charge on any atom is -0.497 e. The Labute approximate surface area is 150 Å². The van der Waals surface area contributed by atoms with Gasteiger partial charge >= 0.3 is 0 Å². The normalized spacial score (nSPS) is 19.0. The van der Waals surface area contributed by atoms with Gasteiger partial charge in [0.1, 0.15) is 11.4 Å². The molecule has 4 rings (SSSR count). The minimum atomic E-state index is -0.380. The minimum absolute atomic E-state index is 0.120. The number of likely N-dealkylation sites (tertiary alicyclic amines) is 1. The SMILES string of the molecule is COc1ccc(C(=O)N2CCC(N3C(=O)c4cccnc4C3=O)C2)cc1. The Balaban J connectivity index is 1.49. The fourth-order valence-electron chi connectivity index (χ4n) is 3.47. The van der Waals surface area contributed by atoms with Gasteiger partial charge in [-0.3, -0.25) is 24.3 Å². The fraction of sp³-hybridized carbons (Fsp3) is 0.263. The Morgan fingerprint density at radius 2 is 1.92 bits per heavy atom. The summed E-state index contributed by atoms with van der Waals surface area (Å²) in [5.41, 5.74) is 1.07. The van der Waals surface area contributed by atoms with E-state index in [1.807, 2.05) is 0 Å². The van der Waals surface area contributed by atoms with Crippen molar-refractivity contribution in [1.29, 1.82) is 0 Å². The van der Waals surface area contributed by atoms with Crippen molar-refractivity contribution in [1.82, 2.24) is 14.8 Å². The summed E-state index contributed by atoms with van der Waals surface area (Å²) in [5, 5.41) is 0. The van der Waals surface area contributed by atoms with Gasteiger partial charge in [-0.1, -0.05) is 0 Å². The van der Waals surface area contributed by atoms with Gasteiger partial charge in [0.25, 0.3) is 17.7 Å². The van der Waals surface area contributed by atoms with E-state index >= 15 is 0 Å². The summed E-state index contributed by atoms with van der Waals surface area (Å²) in [6, 6.07) is 9.81. The van der Waals surface area contributed by atoms with E-state index in [9.17, 15) is 14.4 Å². The van der Waals surface area contributed by atoms with Gasteiger partial charge in [0.05, 0.1) is 18.7 Å². The maximum atomic E-state index is 12.7. The zero-order chi connectivity index (χ0) is 18.3. The first-order valence-electron chi connectivity index (χ1n) is 8.36. The molecule has 2 aliphatic rings. The van der Waals surface area contributed by atoms with Gasteiger partial charge in [-0.25, -0.2) is 0 Å². The topological polar surface area (TPSA) is 79.8 Å². The molecule has 7 heteroatoms. The highest BCUT2D eigenvalue weighted by Gasteiger charge is 2.43. The molecule has 0 saturated carbocycles. The van der Waals surface area contributed by atoms with Gasteiger partial charge in [0, 0.05) is 24.8 Å². The predicted molar refractivity (Wildman–Crippen MR) is 92.0 cm³/mol. The molecule has 0 bridgehead atoms. The first-order valence-corrected chi connectivity index (χ1v) is 8.36. The molecule has 1 fully saturated rings. The lowest BCUT2D eigenvalue weighted by molar-refractivity contribution is 0.0573. The molecule has 1 aromatic carbocycles. The van der Waals surface area contributed by atoms with Crippen LogP contribution in [-0.2, 0) is 0 Å². The number of carbonyl (C=O) groups excluding carboxylic acids is 3. The summed E-state index contributed by atoms with van der Waals surface area (Å²) in [4.78, 5) is 44.7. The molecule has 0 N–H and O–H groups in total. The van der Waals surface area contributed by atoms with Crippen LogP contribution < -0.4 is 4.74 Å². The Hall–Kier alpha value is -3.22. The van der Waals surface area contributed by atoms with Crippen molar-refractivity contribution in [2.24, 2.45) is 0 Å². The molecule has 0 aliphatic carbocycles. The van der Waals surface area contributed by atoms with Crippen molar-refractivity contribution in [3.8, 4) is 5.75 Å². The monoisotopic (exact) mass is 351 g/mol. The zero-order valence-electron chi connectivity index (χ0n) is 14.2. The summed E-state index contributed by atoms with van der Waals surface area (Å²) in [6.45, 7) is 0.826. The number of hydrogen-bond acceptors (Lipinski definition) is 5. The number of rotatable bonds is 3. The van der Waals surface area contributed by atoms with Crippen LogP contribution in [0, 0.1) is 0 Å². The van der Waals surface area contributed by atoms with Gasteiger partial charge < -0.3 is 9.64 Å². The summed E-state index contributed by atoms with van der Waals surface area (Å²) in [5.74, 6) is -0.152. The summed E-state index contributed by atoms with van der Waals surface area (Å²) in [6.07, 6.45) is 2.06. The van der Waals surface area contributed by atoms with E-state index in [1.54, 1.807) is 48.4 Å². The molecule has 1 unspecified atom stereocenters. The second-order valence-electron chi connectivity index (χ2n) is 6.30. The number of ether oxygens (including phenoxy) is 1. The van der Waals surface area contributed by atoms with Crippen molar-refractivity contribution < 1.29 is 19.1 Å². The second-order valence-corrected chi connectivity index (χ2v) is 6.30. The largest absolute Gasteiger partial charge is 0.497 e. The average Bonchev–Trinajstić information content (AvgIpc) is 3.25. The lowest BCUT2D eigenvalue weighted by Crippen LogP contribution is -2.42. The summed E-state index contributed by atoms with van der Waals surface area (Å²) >= 11 is 0. The molecule has 26 heavy (non-hydrogen) atoms. The van der Waals surface area contributed by atoms with E-state index in [2.05, 4.69) is 4.98 Å². The van der Waals surface area contributed by atoms with E-state index in [1.165, 1.54) is 11.1 Å². The third-order valence-corrected chi connectivity index (χ3v) is 4.83. The molecule has 0 radical (unpaired) electrons. The molecular formula is C19H17N3O4. The van der Waals surface area contributed by atoms with E-state index < -0.39 is 0 Å². The molecule has 0 spiro atoms. The summed E-state index contributed by atoms with van der Waals surface area (Å²) in [7, 11) is 1.57. The summed E-state index contributed by atoms with van der Waals surface area (Å²) < 4.78 is 5.10. The lowest BCUT2D eigenvalue weighted by atomic mass is 10.2. The lowest BCUT2D eigenvalue weighted by Gasteiger charge is -2.22. The second kappa shape index (κ2) is 6.25. The third kappa shape index (κ3) is 2.52. The van der Waals surface area contributed by atoms with E-state index in [0.717, 1.165) is 0 Å². The van der Waals surface area contributed by atoms with Gasteiger partial charge in [0.15, 0.2) is 0 Å². The van der Waals surface area contributed by atoms with E-state index in [-0.39, 0.29) is 29.5 Å². The van der Waals surface area contributed by atoms with Crippen LogP contribution in [0.25, 0.3) is 0 Å². The van der Waals surface area contributed by atoms with Crippen LogP contribution in [0.2, 0.25) is 0 Å².